The number of nitrogens with zero attached hydrogens (tertiary/aromatic N) is 4. The summed E-state index contributed by atoms with van der Waals surface area (Å²) in [7, 11) is 1.87. The zero-order valence-electron chi connectivity index (χ0n) is 11.3. The van der Waals surface area contributed by atoms with Crippen LogP contribution in [0.1, 0.15) is 5.56 Å². The van der Waals surface area contributed by atoms with Crippen molar-refractivity contribution in [3.63, 3.8) is 0 Å². The second-order valence-corrected chi connectivity index (χ2v) is 4.55. The van der Waals surface area contributed by atoms with Gasteiger partial charge in [-0.25, -0.2) is 9.97 Å². The molecule has 1 aromatic carbocycles. The van der Waals surface area contributed by atoms with E-state index in [0.717, 1.165) is 16.6 Å². The predicted octanol–water partition coefficient (Wildman–Crippen LogP) is 2.46. The number of aromatic nitrogens is 3. The van der Waals surface area contributed by atoms with Gasteiger partial charge >= 0.3 is 0 Å². The maximum Gasteiger partial charge on any atom is 0.269 e. The Hall–Kier alpha value is -2.96. The van der Waals surface area contributed by atoms with Crippen molar-refractivity contribution in [1.82, 2.24) is 14.5 Å². The molecule has 0 aliphatic rings. The molecule has 21 heavy (non-hydrogen) atoms. The van der Waals surface area contributed by atoms with Crippen LogP contribution in [-0.2, 0) is 13.7 Å². The highest BCUT2D eigenvalue weighted by Gasteiger charge is 2.09. The third kappa shape index (κ3) is 2.53. The fourth-order valence-corrected chi connectivity index (χ4v) is 2.04. The third-order valence-corrected chi connectivity index (χ3v) is 3.11. The number of pyridine rings is 1. The Morgan fingerprint density at radius 3 is 2.71 bits per heavy atom. The van der Waals surface area contributed by atoms with E-state index in [1.807, 2.05) is 17.7 Å². The zero-order chi connectivity index (χ0) is 14.8. The fraction of sp³-hybridized carbons (Fsp3) is 0.143. The van der Waals surface area contributed by atoms with E-state index in [1.54, 1.807) is 24.7 Å². The number of benzene rings is 1. The van der Waals surface area contributed by atoms with Gasteiger partial charge in [0.25, 0.3) is 5.69 Å². The molecule has 0 saturated heterocycles. The van der Waals surface area contributed by atoms with Crippen molar-refractivity contribution < 1.29 is 9.66 Å². The van der Waals surface area contributed by atoms with Gasteiger partial charge in [-0.1, -0.05) is 0 Å². The predicted molar refractivity (Wildman–Crippen MR) is 75.9 cm³/mol. The van der Waals surface area contributed by atoms with Gasteiger partial charge in [-0.05, 0) is 23.8 Å². The molecule has 0 N–H and O–H groups in total. The highest BCUT2D eigenvalue weighted by molar-refractivity contribution is 5.79. The Balaban J connectivity index is 1.80. The Morgan fingerprint density at radius 1 is 1.24 bits per heavy atom. The smallest absolute Gasteiger partial charge is 0.269 e. The van der Waals surface area contributed by atoms with Gasteiger partial charge in [0.15, 0.2) is 0 Å². The maximum absolute atomic E-state index is 10.6. The second kappa shape index (κ2) is 5.20. The lowest BCUT2D eigenvalue weighted by molar-refractivity contribution is -0.384. The van der Waals surface area contributed by atoms with E-state index in [0.29, 0.717) is 5.88 Å². The summed E-state index contributed by atoms with van der Waals surface area (Å²) in [6, 6.07) is 8.06. The summed E-state index contributed by atoms with van der Waals surface area (Å²) in [6.07, 6.45) is 3.34. The molecule has 7 nitrogen and oxygen atoms in total. The highest BCUT2D eigenvalue weighted by atomic mass is 16.6. The lowest BCUT2D eigenvalue weighted by atomic mass is 10.2. The molecule has 0 atom stereocenters. The quantitative estimate of drug-likeness (QED) is 0.543. The molecule has 2 aromatic heterocycles. The first kappa shape index (κ1) is 13.0. The van der Waals surface area contributed by atoms with Crippen LogP contribution in [0.4, 0.5) is 5.69 Å². The number of nitro groups is 1. The summed E-state index contributed by atoms with van der Waals surface area (Å²) in [6.45, 7) is 0.287. The van der Waals surface area contributed by atoms with E-state index in [9.17, 15) is 10.1 Å². The van der Waals surface area contributed by atoms with Crippen molar-refractivity contribution in [2.24, 2.45) is 7.05 Å². The molecule has 2 heterocycles. The van der Waals surface area contributed by atoms with E-state index in [4.69, 9.17) is 4.74 Å². The van der Waals surface area contributed by atoms with Gasteiger partial charge in [0, 0.05) is 25.4 Å². The first-order valence-electron chi connectivity index (χ1n) is 6.27. The van der Waals surface area contributed by atoms with Gasteiger partial charge in [-0.3, -0.25) is 10.1 Å². The molecular weight excluding hydrogens is 272 g/mol. The zero-order valence-corrected chi connectivity index (χ0v) is 11.3. The molecule has 7 heteroatoms. The van der Waals surface area contributed by atoms with Crippen LogP contribution in [0.25, 0.3) is 11.0 Å². The minimum absolute atomic E-state index is 0.0608. The maximum atomic E-state index is 10.6. The number of hydrogen-bond donors (Lipinski definition) is 0. The van der Waals surface area contributed by atoms with Gasteiger partial charge in [0.05, 0.1) is 16.8 Å². The number of ether oxygens (including phenoxy) is 1. The molecule has 0 radical (unpaired) electrons. The molecular formula is C14H12N4O3. The summed E-state index contributed by atoms with van der Waals surface area (Å²) >= 11 is 0. The van der Waals surface area contributed by atoms with E-state index >= 15 is 0 Å². The summed E-state index contributed by atoms with van der Waals surface area (Å²) in [5.74, 6) is 0.492. The normalized spacial score (nSPS) is 10.7. The molecule has 0 bridgehead atoms. The van der Waals surface area contributed by atoms with Crippen LogP contribution in [0.2, 0.25) is 0 Å². The largest absolute Gasteiger partial charge is 0.471 e. The number of non-ortho nitro benzene ring substituents is 1. The van der Waals surface area contributed by atoms with Gasteiger partial charge in [0.2, 0.25) is 5.88 Å². The molecule has 106 valence electrons. The minimum atomic E-state index is -0.428. The number of rotatable bonds is 4. The Kier molecular flexibility index (Phi) is 3.23. The van der Waals surface area contributed by atoms with Crippen LogP contribution in [0.15, 0.2) is 42.9 Å². The second-order valence-electron chi connectivity index (χ2n) is 4.55. The summed E-state index contributed by atoms with van der Waals surface area (Å²) in [5.41, 5.74) is 2.53. The van der Waals surface area contributed by atoms with E-state index in [-0.39, 0.29) is 12.3 Å². The van der Waals surface area contributed by atoms with Crippen LogP contribution in [0.5, 0.6) is 5.88 Å². The molecule has 0 spiro atoms. The Labute approximate surface area is 120 Å². The molecule has 0 unspecified atom stereocenters. The average Bonchev–Trinajstić information content (AvgIpc) is 2.88. The van der Waals surface area contributed by atoms with Crippen molar-refractivity contribution in [1.29, 1.82) is 0 Å². The molecule has 3 rings (SSSR count). The molecule has 0 saturated carbocycles. The number of imidazole rings is 1. The standard InChI is InChI=1S/C14H12N4O3/c1-17-9-16-12-6-7-15-14(13(12)17)21-8-10-2-4-11(5-3-10)18(19)20/h2-7,9H,8H2,1H3. The lowest BCUT2D eigenvalue weighted by Crippen LogP contribution is -2.00. The van der Waals surface area contributed by atoms with Crippen LogP contribution in [0.3, 0.4) is 0 Å². The van der Waals surface area contributed by atoms with Crippen LogP contribution < -0.4 is 4.74 Å². The SMILES string of the molecule is Cn1cnc2ccnc(OCc3ccc([N+](=O)[O-])cc3)c21. The average molecular weight is 284 g/mol. The van der Waals surface area contributed by atoms with Gasteiger partial charge in [0.1, 0.15) is 12.1 Å². The summed E-state index contributed by atoms with van der Waals surface area (Å²) < 4.78 is 7.54. The minimum Gasteiger partial charge on any atom is -0.471 e. The van der Waals surface area contributed by atoms with Crippen molar-refractivity contribution in [3.8, 4) is 5.88 Å². The van der Waals surface area contributed by atoms with E-state index in [1.165, 1.54) is 12.1 Å². The fourth-order valence-electron chi connectivity index (χ4n) is 2.04. The number of fused-ring (bicyclic) bond motifs is 1. The van der Waals surface area contributed by atoms with E-state index < -0.39 is 4.92 Å². The van der Waals surface area contributed by atoms with Crippen LogP contribution in [0, 0.1) is 10.1 Å². The Morgan fingerprint density at radius 2 is 2.00 bits per heavy atom. The highest BCUT2D eigenvalue weighted by Crippen LogP contribution is 2.22. The van der Waals surface area contributed by atoms with Crippen molar-refractivity contribution in [2.45, 2.75) is 6.61 Å². The Bertz CT molecular complexity index is 796. The summed E-state index contributed by atoms with van der Waals surface area (Å²) in [4.78, 5) is 18.6. The van der Waals surface area contributed by atoms with Gasteiger partial charge in [-0.15, -0.1) is 0 Å². The van der Waals surface area contributed by atoms with Gasteiger partial charge in [-0.2, -0.15) is 0 Å². The molecule has 0 amide bonds. The molecule has 0 aliphatic heterocycles. The van der Waals surface area contributed by atoms with E-state index in [2.05, 4.69) is 9.97 Å². The van der Waals surface area contributed by atoms with Crippen molar-refractivity contribution in [3.05, 3.63) is 58.5 Å². The van der Waals surface area contributed by atoms with Gasteiger partial charge < -0.3 is 9.30 Å². The summed E-state index contributed by atoms with van der Waals surface area (Å²) in [5, 5.41) is 10.6. The topological polar surface area (TPSA) is 83.1 Å². The van der Waals surface area contributed by atoms with Crippen molar-refractivity contribution >= 4 is 16.7 Å². The number of nitro benzene ring substituents is 1. The molecule has 0 aliphatic carbocycles. The lowest BCUT2D eigenvalue weighted by Gasteiger charge is -2.07. The van der Waals surface area contributed by atoms with Crippen LogP contribution in [-0.4, -0.2) is 19.5 Å². The first-order chi connectivity index (χ1) is 10.1. The molecule has 0 fully saturated rings. The first-order valence-corrected chi connectivity index (χ1v) is 6.27. The van der Waals surface area contributed by atoms with Crippen molar-refractivity contribution in [2.75, 3.05) is 0 Å². The number of hydrogen-bond acceptors (Lipinski definition) is 5. The third-order valence-electron chi connectivity index (χ3n) is 3.11. The van der Waals surface area contributed by atoms with Crippen LogP contribution >= 0.6 is 0 Å². The monoisotopic (exact) mass is 284 g/mol. The molecule has 3 aromatic rings. The number of aryl methyl sites for hydroxylation is 1.